The molecule has 2 rings (SSSR count). The highest BCUT2D eigenvalue weighted by Gasteiger charge is 2.33. The number of alkyl halides is 3. The van der Waals surface area contributed by atoms with Crippen LogP contribution in [-0.2, 0) is 6.18 Å². The van der Waals surface area contributed by atoms with Gasteiger partial charge in [-0.1, -0.05) is 0 Å². The van der Waals surface area contributed by atoms with E-state index >= 15 is 0 Å². The van der Waals surface area contributed by atoms with E-state index in [2.05, 4.69) is 16.8 Å². The van der Waals surface area contributed by atoms with Crippen molar-refractivity contribution in [1.82, 2.24) is 0 Å². The molecule has 2 heterocycles. The molecule has 0 aromatic carbocycles. The molecule has 0 saturated carbocycles. The lowest BCUT2D eigenvalue weighted by Gasteiger charge is -2.27. The molecule has 94 valence electrons. The first-order chi connectivity index (χ1) is 7.98. The predicted molar refractivity (Wildman–Crippen MR) is 58.7 cm³/mol. The van der Waals surface area contributed by atoms with E-state index in [1.807, 2.05) is 0 Å². The molecule has 0 amide bonds. The lowest BCUT2D eigenvalue weighted by Crippen LogP contribution is -2.40. The Morgan fingerprint density at radius 2 is 2.06 bits per heavy atom. The van der Waals surface area contributed by atoms with Crippen molar-refractivity contribution in [2.24, 2.45) is 0 Å². The van der Waals surface area contributed by atoms with E-state index in [9.17, 15) is 13.2 Å². The number of piperidine rings is 1. The van der Waals surface area contributed by atoms with Gasteiger partial charge in [-0.3, -0.25) is 4.90 Å². The fourth-order valence-electron chi connectivity index (χ4n) is 2.23. The number of anilines is 1. The fourth-order valence-corrected chi connectivity index (χ4v) is 2.23. The van der Waals surface area contributed by atoms with Crippen LogP contribution >= 0.6 is 0 Å². The van der Waals surface area contributed by atoms with Gasteiger partial charge in [0.25, 0.3) is 5.82 Å². The summed E-state index contributed by atoms with van der Waals surface area (Å²) in [6.07, 6.45) is 0.144. The number of nitrogens with one attached hydrogen (secondary N) is 1. The lowest BCUT2D eigenvalue weighted by atomic mass is 10.0. The molecule has 17 heavy (non-hydrogen) atoms. The third-order valence-corrected chi connectivity index (χ3v) is 3.24. The van der Waals surface area contributed by atoms with Crippen molar-refractivity contribution >= 4 is 5.82 Å². The van der Waals surface area contributed by atoms with Crippen LogP contribution in [0.15, 0.2) is 18.3 Å². The maximum Gasteiger partial charge on any atom is 0.419 e. The molecule has 0 aliphatic carbocycles. The van der Waals surface area contributed by atoms with Crippen LogP contribution < -0.4 is 9.88 Å². The van der Waals surface area contributed by atoms with Crippen LogP contribution in [0.3, 0.4) is 0 Å². The zero-order valence-corrected chi connectivity index (χ0v) is 9.72. The summed E-state index contributed by atoms with van der Waals surface area (Å²) in [5.74, 6) is 0.769. The quantitative estimate of drug-likeness (QED) is 0.743. The van der Waals surface area contributed by atoms with Gasteiger partial charge in [-0.2, -0.15) is 13.2 Å². The van der Waals surface area contributed by atoms with Crippen molar-refractivity contribution in [2.45, 2.75) is 38.4 Å². The average Bonchev–Trinajstić information content (AvgIpc) is 2.29. The molecule has 0 radical (unpaired) electrons. The minimum atomic E-state index is -4.28. The lowest BCUT2D eigenvalue weighted by molar-refractivity contribution is -0.368. The Bertz CT molecular complexity index is 372. The smallest absolute Gasteiger partial charge is 0.259 e. The van der Waals surface area contributed by atoms with Crippen LogP contribution in [-0.4, -0.2) is 12.6 Å². The van der Waals surface area contributed by atoms with Gasteiger partial charge in [0.2, 0.25) is 0 Å². The van der Waals surface area contributed by atoms with Crippen molar-refractivity contribution in [1.29, 1.82) is 0 Å². The predicted octanol–water partition coefficient (Wildman–Crippen LogP) is 2.90. The van der Waals surface area contributed by atoms with E-state index in [1.165, 1.54) is 12.5 Å². The van der Waals surface area contributed by atoms with Gasteiger partial charge >= 0.3 is 6.18 Å². The molecule has 2 nitrogen and oxygen atoms in total. The third-order valence-electron chi connectivity index (χ3n) is 3.24. The van der Waals surface area contributed by atoms with E-state index in [-0.39, 0.29) is 0 Å². The van der Waals surface area contributed by atoms with Crippen LogP contribution in [0.2, 0.25) is 0 Å². The summed E-state index contributed by atoms with van der Waals surface area (Å²) < 4.78 is 37.2. The van der Waals surface area contributed by atoms with Crippen LogP contribution in [0.25, 0.3) is 0 Å². The maximum absolute atomic E-state index is 12.4. The molecule has 1 atom stereocenters. The number of hydrogen-bond acceptors (Lipinski definition) is 1. The molecular weight excluding hydrogens is 229 g/mol. The number of rotatable bonds is 1. The Morgan fingerprint density at radius 1 is 1.29 bits per heavy atom. The number of hydrogen-bond donors (Lipinski definition) is 0. The molecule has 5 heteroatoms. The Labute approximate surface area is 98.5 Å². The minimum absolute atomic E-state index is 0.386. The maximum atomic E-state index is 12.4. The van der Waals surface area contributed by atoms with Gasteiger partial charge in [-0.25, -0.2) is 4.98 Å². The minimum Gasteiger partial charge on any atom is -0.259 e. The molecule has 1 aliphatic heterocycles. The van der Waals surface area contributed by atoms with Gasteiger partial charge in [0.05, 0.1) is 18.2 Å². The summed E-state index contributed by atoms with van der Waals surface area (Å²) >= 11 is 0. The highest BCUT2D eigenvalue weighted by molar-refractivity contribution is 5.35. The van der Waals surface area contributed by atoms with Crippen molar-refractivity contribution in [3.63, 3.8) is 0 Å². The summed E-state index contributed by atoms with van der Waals surface area (Å²) in [6, 6.07) is 3.04. The van der Waals surface area contributed by atoms with E-state index in [0.717, 1.165) is 37.5 Å². The number of pyridine rings is 1. The Balaban J connectivity index is 2.17. The second-order valence-electron chi connectivity index (χ2n) is 4.50. The van der Waals surface area contributed by atoms with Crippen LogP contribution in [0.4, 0.5) is 19.0 Å². The summed E-state index contributed by atoms with van der Waals surface area (Å²) in [4.78, 5) is 4.88. The molecule has 0 bridgehead atoms. The van der Waals surface area contributed by atoms with Crippen molar-refractivity contribution < 1.29 is 18.2 Å². The Morgan fingerprint density at radius 3 is 2.59 bits per heavy atom. The van der Waals surface area contributed by atoms with E-state index in [1.54, 1.807) is 0 Å². The van der Waals surface area contributed by atoms with Crippen molar-refractivity contribution in [3.05, 3.63) is 23.9 Å². The van der Waals surface area contributed by atoms with Gasteiger partial charge in [-0.05, 0) is 32.3 Å². The zero-order chi connectivity index (χ0) is 12.5. The number of halogens is 3. The molecule has 1 aliphatic rings. The first kappa shape index (κ1) is 12.2. The zero-order valence-electron chi connectivity index (χ0n) is 9.72. The van der Waals surface area contributed by atoms with Crippen molar-refractivity contribution in [2.75, 3.05) is 11.4 Å². The van der Waals surface area contributed by atoms with Gasteiger partial charge < -0.3 is 0 Å². The summed E-state index contributed by atoms with van der Waals surface area (Å²) in [5.41, 5.74) is -0.633. The van der Waals surface area contributed by atoms with Crippen molar-refractivity contribution in [3.8, 4) is 0 Å². The summed E-state index contributed by atoms with van der Waals surface area (Å²) in [6.45, 7) is 3.01. The second kappa shape index (κ2) is 4.55. The molecule has 1 fully saturated rings. The molecule has 0 spiro atoms. The number of H-pyrrole nitrogens is 1. The van der Waals surface area contributed by atoms with E-state index < -0.39 is 11.7 Å². The van der Waals surface area contributed by atoms with Crippen LogP contribution in [0.1, 0.15) is 31.7 Å². The average molecular weight is 245 g/mol. The largest absolute Gasteiger partial charge is 0.419 e. The molecular formula is C12H16F3N2+. The molecule has 0 unspecified atom stereocenters. The number of aromatic nitrogens is 1. The summed E-state index contributed by atoms with van der Waals surface area (Å²) in [7, 11) is 0. The second-order valence-corrected chi connectivity index (χ2v) is 4.50. The topological polar surface area (TPSA) is 17.4 Å². The SMILES string of the molecule is C[C@H]1CCCCN1c1ccc(C(F)(F)F)c[nH+]1. The Kier molecular flexibility index (Phi) is 3.26. The fraction of sp³-hybridized carbons (Fsp3) is 0.583. The normalized spacial score (nSPS) is 21.6. The molecule has 1 aromatic rings. The van der Waals surface area contributed by atoms with Crippen LogP contribution in [0.5, 0.6) is 0 Å². The highest BCUT2D eigenvalue weighted by atomic mass is 19.4. The first-order valence-corrected chi connectivity index (χ1v) is 5.84. The molecule has 1 N–H and O–H groups in total. The number of nitrogens with zero attached hydrogens (tertiary/aromatic N) is 1. The Hall–Kier alpha value is -1.26. The number of aromatic amines is 1. The summed E-state index contributed by atoms with van der Waals surface area (Å²) in [5, 5.41) is 0. The van der Waals surface area contributed by atoms with Gasteiger partial charge in [0, 0.05) is 6.07 Å². The van der Waals surface area contributed by atoms with E-state index in [0.29, 0.717) is 6.04 Å². The molecule has 1 saturated heterocycles. The highest BCUT2D eigenvalue weighted by Crippen LogP contribution is 2.29. The van der Waals surface area contributed by atoms with Gasteiger partial charge in [-0.15, -0.1) is 0 Å². The van der Waals surface area contributed by atoms with Crippen LogP contribution in [0, 0.1) is 0 Å². The molecule has 1 aromatic heterocycles. The monoisotopic (exact) mass is 245 g/mol. The van der Waals surface area contributed by atoms with Gasteiger partial charge in [0.1, 0.15) is 6.20 Å². The van der Waals surface area contributed by atoms with E-state index in [4.69, 9.17) is 0 Å². The standard InChI is InChI=1S/C12H15F3N2/c1-9-4-2-3-7-17(9)11-6-5-10(8-16-11)12(13,14)15/h5-6,8-9H,2-4,7H2,1H3/p+1/t9-/m0/s1. The third kappa shape index (κ3) is 2.70. The first-order valence-electron chi connectivity index (χ1n) is 5.84. The van der Waals surface area contributed by atoms with Gasteiger partial charge in [0.15, 0.2) is 0 Å².